The van der Waals surface area contributed by atoms with E-state index in [9.17, 15) is 4.79 Å². The van der Waals surface area contributed by atoms with Crippen LogP contribution in [0.1, 0.15) is 27.4 Å². The molecule has 1 aromatic carbocycles. The van der Waals surface area contributed by atoms with Crippen molar-refractivity contribution in [1.82, 2.24) is 14.9 Å². The minimum Gasteiger partial charge on any atom is -0.354 e. The largest absolute Gasteiger partial charge is 0.354 e. The van der Waals surface area contributed by atoms with Crippen LogP contribution in [0.25, 0.3) is 0 Å². The Hall–Kier alpha value is -2.47. The third-order valence-electron chi connectivity index (χ3n) is 4.65. The highest BCUT2D eigenvalue weighted by atomic mass is 16.1. The summed E-state index contributed by atoms with van der Waals surface area (Å²) < 4.78 is 0. The summed E-state index contributed by atoms with van der Waals surface area (Å²) in [7, 11) is 2.12. The van der Waals surface area contributed by atoms with Crippen molar-refractivity contribution in [2.24, 2.45) is 0 Å². The number of nitrogens with zero attached hydrogens (tertiary/aromatic N) is 4. The average Bonchev–Trinajstić information content (AvgIpc) is 2.58. The predicted molar refractivity (Wildman–Crippen MR) is 100 cm³/mol. The van der Waals surface area contributed by atoms with Crippen molar-refractivity contribution in [2.75, 3.05) is 43.4 Å². The van der Waals surface area contributed by atoms with Gasteiger partial charge in [-0.2, -0.15) is 0 Å². The Morgan fingerprint density at radius 1 is 1.00 bits per heavy atom. The van der Waals surface area contributed by atoms with Gasteiger partial charge < -0.3 is 15.1 Å². The third-order valence-corrected chi connectivity index (χ3v) is 4.65. The molecule has 1 fully saturated rings. The SMILES string of the molecule is Cc1nc(C(=O)Nc2ccc(C)c(C)c2)cc(N2CCN(C)CC2)n1. The second-order valence-electron chi connectivity index (χ2n) is 6.70. The van der Waals surface area contributed by atoms with Crippen molar-refractivity contribution in [3.8, 4) is 0 Å². The molecule has 1 amide bonds. The molecular weight excluding hydrogens is 314 g/mol. The Morgan fingerprint density at radius 2 is 1.72 bits per heavy atom. The van der Waals surface area contributed by atoms with Crippen molar-refractivity contribution in [1.29, 1.82) is 0 Å². The summed E-state index contributed by atoms with van der Waals surface area (Å²) in [4.78, 5) is 26.0. The molecule has 2 heterocycles. The van der Waals surface area contributed by atoms with E-state index in [1.807, 2.05) is 32.0 Å². The molecule has 25 heavy (non-hydrogen) atoms. The highest BCUT2D eigenvalue weighted by Gasteiger charge is 2.18. The third kappa shape index (κ3) is 4.14. The van der Waals surface area contributed by atoms with Gasteiger partial charge in [0, 0.05) is 37.9 Å². The maximum Gasteiger partial charge on any atom is 0.274 e. The van der Waals surface area contributed by atoms with Gasteiger partial charge in [0.15, 0.2) is 0 Å². The quantitative estimate of drug-likeness (QED) is 0.930. The van der Waals surface area contributed by atoms with E-state index in [1.165, 1.54) is 5.56 Å². The van der Waals surface area contributed by atoms with Gasteiger partial charge in [0.1, 0.15) is 17.3 Å². The van der Waals surface area contributed by atoms with E-state index >= 15 is 0 Å². The number of aromatic nitrogens is 2. The molecule has 2 aromatic rings. The molecule has 0 spiro atoms. The summed E-state index contributed by atoms with van der Waals surface area (Å²) in [6.07, 6.45) is 0. The topological polar surface area (TPSA) is 61.4 Å². The van der Waals surface area contributed by atoms with Crippen LogP contribution < -0.4 is 10.2 Å². The Bertz CT molecular complexity index is 781. The number of hydrogen-bond donors (Lipinski definition) is 1. The molecule has 6 nitrogen and oxygen atoms in total. The molecule has 0 radical (unpaired) electrons. The molecule has 0 saturated carbocycles. The molecule has 0 bridgehead atoms. The fourth-order valence-electron chi connectivity index (χ4n) is 2.88. The van der Waals surface area contributed by atoms with E-state index < -0.39 is 0 Å². The van der Waals surface area contributed by atoms with Crippen LogP contribution in [0.5, 0.6) is 0 Å². The van der Waals surface area contributed by atoms with Crippen LogP contribution in [0.15, 0.2) is 24.3 Å². The Labute approximate surface area is 148 Å². The monoisotopic (exact) mass is 339 g/mol. The number of benzene rings is 1. The summed E-state index contributed by atoms with van der Waals surface area (Å²) in [6, 6.07) is 7.68. The molecule has 1 aliphatic heterocycles. The van der Waals surface area contributed by atoms with Gasteiger partial charge in [0.05, 0.1) is 0 Å². The number of hydrogen-bond acceptors (Lipinski definition) is 5. The number of carbonyl (C=O) groups excluding carboxylic acids is 1. The predicted octanol–water partition coefficient (Wildman–Crippen LogP) is 2.41. The van der Waals surface area contributed by atoms with E-state index in [0.29, 0.717) is 11.5 Å². The van der Waals surface area contributed by atoms with Gasteiger partial charge in [-0.25, -0.2) is 9.97 Å². The van der Waals surface area contributed by atoms with Crippen LogP contribution in [0.2, 0.25) is 0 Å². The molecule has 1 aliphatic rings. The van der Waals surface area contributed by atoms with E-state index in [-0.39, 0.29) is 5.91 Å². The minimum atomic E-state index is -0.205. The summed E-state index contributed by atoms with van der Waals surface area (Å²) in [5.41, 5.74) is 3.54. The van der Waals surface area contributed by atoms with Crippen LogP contribution in [0, 0.1) is 20.8 Å². The van der Waals surface area contributed by atoms with Crippen LogP contribution in [-0.4, -0.2) is 54.0 Å². The lowest BCUT2D eigenvalue weighted by atomic mass is 10.1. The first-order valence-corrected chi connectivity index (χ1v) is 8.60. The molecule has 1 saturated heterocycles. The molecule has 132 valence electrons. The molecule has 1 aromatic heterocycles. The smallest absolute Gasteiger partial charge is 0.274 e. The van der Waals surface area contributed by atoms with Gasteiger partial charge in [0.25, 0.3) is 5.91 Å². The van der Waals surface area contributed by atoms with Gasteiger partial charge in [-0.1, -0.05) is 6.07 Å². The van der Waals surface area contributed by atoms with Gasteiger partial charge in [0.2, 0.25) is 0 Å². The van der Waals surface area contributed by atoms with Crippen molar-refractivity contribution in [3.05, 3.63) is 46.9 Å². The standard InChI is InChI=1S/C19H25N5O/c1-13-5-6-16(11-14(13)2)22-19(25)17-12-18(21-15(3)20-17)24-9-7-23(4)8-10-24/h5-6,11-12H,7-10H2,1-4H3,(H,22,25). The summed E-state index contributed by atoms with van der Waals surface area (Å²) in [5, 5.41) is 2.93. The Balaban J connectivity index is 1.79. The Kier molecular flexibility index (Phi) is 4.99. The molecule has 6 heteroatoms. The number of rotatable bonds is 3. The van der Waals surface area contributed by atoms with Crippen LogP contribution in [0.3, 0.4) is 0 Å². The van der Waals surface area contributed by atoms with E-state index in [0.717, 1.165) is 43.2 Å². The van der Waals surface area contributed by atoms with Crippen molar-refractivity contribution < 1.29 is 4.79 Å². The number of likely N-dealkylation sites (N-methyl/N-ethyl adjacent to an activating group) is 1. The fraction of sp³-hybridized carbons (Fsp3) is 0.421. The highest BCUT2D eigenvalue weighted by Crippen LogP contribution is 2.18. The summed E-state index contributed by atoms with van der Waals surface area (Å²) >= 11 is 0. The highest BCUT2D eigenvalue weighted by molar-refractivity contribution is 6.03. The lowest BCUT2D eigenvalue weighted by Crippen LogP contribution is -2.45. The van der Waals surface area contributed by atoms with Crippen LogP contribution in [-0.2, 0) is 0 Å². The van der Waals surface area contributed by atoms with E-state index in [1.54, 1.807) is 6.07 Å². The van der Waals surface area contributed by atoms with Crippen LogP contribution >= 0.6 is 0 Å². The lowest BCUT2D eigenvalue weighted by Gasteiger charge is -2.33. The molecule has 0 atom stereocenters. The number of anilines is 2. The maximum absolute atomic E-state index is 12.6. The minimum absolute atomic E-state index is 0.205. The lowest BCUT2D eigenvalue weighted by molar-refractivity contribution is 0.102. The number of nitrogens with one attached hydrogen (secondary N) is 1. The van der Waals surface area contributed by atoms with Crippen LogP contribution in [0.4, 0.5) is 11.5 Å². The molecule has 3 rings (SSSR count). The normalized spacial score (nSPS) is 15.3. The molecule has 0 aliphatic carbocycles. The van der Waals surface area contributed by atoms with E-state index in [2.05, 4.69) is 39.1 Å². The maximum atomic E-state index is 12.6. The number of carbonyl (C=O) groups is 1. The van der Waals surface area contributed by atoms with Crippen molar-refractivity contribution >= 4 is 17.4 Å². The number of piperazine rings is 1. The van der Waals surface area contributed by atoms with Gasteiger partial charge in [-0.05, 0) is 51.1 Å². The second-order valence-corrected chi connectivity index (χ2v) is 6.70. The second kappa shape index (κ2) is 7.19. The zero-order valence-electron chi connectivity index (χ0n) is 15.3. The van der Waals surface area contributed by atoms with Crippen molar-refractivity contribution in [2.45, 2.75) is 20.8 Å². The van der Waals surface area contributed by atoms with Crippen molar-refractivity contribution in [3.63, 3.8) is 0 Å². The zero-order chi connectivity index (χ0) is 18.0. The van der Waals surface area contributed by atoms with Gasteiger partial charge in [-0.3, -0.25) is 4.79 Å². The number of aryl methyl sites for hydroxylation is 3. The first-order valence-electron chi connectivity index (χ1n) is 8.60. The van der Waals surface area contributed by atoms with Gasteiger partial charge in [-0.15, -0.1) is 0 Å². The van der Waals surface area contributed by atoms with E-state index in [4.69, 9.17) is 0 Å². The summed E-state index contributed by atoms with van der Waals surface area (Å²) in [5.74, 6) is 1.23. The fourth-order valence-corrected chi connectivity index (χ4v) is 2.88. The molecule has 1 N–H and O–H groups in total. The Morgan fingerprint density at radius 3 is 2.40 bits per heavy atom. The average molecular weight is 339 g/mol. The first-order chi connectivity index (χ1) is 11.9. The first kappa shape index (κ1) is 17.4. The van der Waals surface area contributed by atoms with Gasteiger partial charge >= 0.3 is 0 Å². The number of amides is 1. The molecular formula is C19H25N5O. The molecule has 0 unspecified atom stereocenters. The summed E-state index contributed by atoms with van der Waals surface area (Å²) in [6.45, 7) is 9.71. The zero-order valence-corrected chi connectivity index (χ0v) is 15.3.